The highest BCUT2D eigenvalue weighted by Gasteiger charge is 2.21. The molecule has 0 aromatic heterocycles. The number of hydrogen-bond acceptors (Lipinski definition) is 4. The van der Waals surface area contributed by atoms with Crippen LogP contribution in [0.25, 0.3) is 11.1 Å². The summed E-state index contributed by atoms with van der Waals surface area (Å²) in [6, 6.07) is 6.90. The molecule has 0 saturated heterocycles. The van der Waals surface area contributed by atoms with E-state index in [0.717, 1.165) is 38.5 Å². The molecule has 0 aliphatic carbocycles. The van der Waals surface area contributed by atoms with Crippen LogP contribution in [0.3, 0.4) is 0 Å². The van der Waals surface area contributed by atoms with Gasteiger partial charge in [0.05, 0.1) is 30.9 Å². The van der Waals surface area contributed by atoms with Gasteiger partial charge in [0.15, 0.2) is 23.2 Å². The van der Waals surface area contributed by atoms with Crippen molar-refractivity contribution in [2.24, 2.45) is 0 Å². The molecule has 0 spiro atoms. The highest BCUT2D eigenvalue weighted by Crippen LogP contribution is 2.43. The Bertz CT molecular complexity index is 1580. The van der Waals surface area contributed by atoms with Crippen molar-refractivity contribution in [1.82, 2.24) is 0 Å². The number of benzene rings is 3. The Hall–Kier alpha value is -3.63. The van der Waals surface area contributed by atoms with E-state index in [9.17, 15) is 22.1 Å². The molecule has 3 rings (SSSR count). The first kappa shape index (κ1) is 58.5. The van der Waals surface area contributed by atoms with Gasteiger partial charge in [-0.05, 0) is 37.0 Å². The maximum absolute atomic E-state index is 15.0. The van der Waals surface area contributed by atoms with E-state index in [1.165, 1.54) is 166 Å². The fraction of sp³-hybridized carbons (Fsp3) is 0.673. The fourth-order valence-electron chi connectivity index (χ4n) is 7.94. The van der Waals surface area contributed by atoms with E-state index in [1.807, 2.05) is 12.1 Å². The van der Waals surface area contributed by atoms with Crippen LogP contribution in [0.15, 0.2) is 36.4 Å². The highest BCUT2D eigenvalue weighted by atomic mass is 19.3. The van der Waals surface area contributed by atoms with Crippen LogP contribution in [0.1, 0.15) is 219 Å². The quantitative estimate of drug-likeness (QED) is 0.0324. The summed E-state index contributed by atoms with van der Waals surface area (Å²) < 4.78 is 110. The van der Waals surface area contributed by atoms with Crippen molar-refractivity contribution in [2.45, 2.75) is 220 Å². The van der Waals surface area contributed by atoms with Gasteiger partial charge in [0, 0.05) is 28.8 Å². The van der Waals surface area contributed by atoms with Gasteiger partial charge in [0.1, 0.15) is 35.6 Å². The van der Waals surface area contributed by atoms with E-state index in [4.69, 9.17) is 14.2 Å². The zero-order valence-electron chi connectivity index (χ0n) is 40.8. The average molecular weight is 941 g/mol. The lowest BCUT2D eigenvalue weighted by atomic mass is 10.0. The minimum atomic E-state index is -1.65. The largest absolute Gasteiger partial charge is 0.493 e. The Morgan fingerprint density at radius 2 is 0.682 bits per heavy atom. The van der Waals surface area contributed by atoms with Gasteiger partial charge in [-0.2, -0.15) is 0 Å². The van der Waals surface area contributed by atoms with Crippen molar-refractivity contribution in [2.75, 3.05) is 19.8 Å². The molecular formula is C55H83F7O4. The van der Waals surface area contributed by atoms with Crippen molar-refractivity contribution in [1.29, 1.82) is 0 Å². The lowest BCUT2D eigenvalue weighted by Gasteiger charge is -2.20. The molecule has 11 heteroatoms. The van der Waals surface area contributed by atoms with Crippen LogP contribution in [0.4, 0.5) is 30.9 Å². The summed E-state index contributed by atoms with van der Waals surface area (Å²) in [6.45, 7) is 7.10. The van der Waals surface area contributed by atoms with Crippen LogP contribution >= 0.6 is 0 Å². The van der Waals surface area contributed by atoms with E-state index in [2.05, 4.69) is 25.7 Å². The van der Waals surface area contributed by atoms with Gasteiger partial charge in [0.2, 0.25) is 0 Å². The Morgan fingerprint density at radius 3 is 1.00 bits per heavy atom. The lowest BCUT2D eigenvalue weighted by molar-refractivity contribution is -0.00711. The first-order chi connectivity index (χ1) is 32.2. The monoisotopic (exact) mass is 941 g/mol. The first-order valence-electron chi connectivity index (χ1n) is 25.7. The van der Waals surface area contributed by atoms with Crippen LogP contribution in [0.5, 0.6) is 23.0 Å². The standard InChI is InChI=1S/C49H81F3O3.C6H2F4O/c1-4-7-10-13-16-19-22-25-28-31-34-53-43-39-47(54-35-32-29-26-23-20-17-14-11-8-5-2)49(42-37-45(51)44(41-50)46(52)38-42)48(40-43)55-36-33-30-27-24-21-18-15-12-9-6-3;7-4-1-3(11-10)2-5(8)6(4)9/h37-40H,4-36,41H2,1-3H3;1-2H. The van der Waals surface area contributed by atoms with Gasteiger partial charge in [-0.15, -0.1) is 0 Å². The van der Waals surface area contributed by atoms with Gasteiger partial charge >= 0.3 is 0 Å². The van der Waals surface area contributed by atoms with E-state index in [-0.39, 0.29) is 5.56 Å². The maximum Gasteiger partial charge on any atom is 0.194 e. The third-order valence-corrected chi connectivity index (χ3v) is 11.9. The summed E-state index contributed by atoms with van der Waals surface area (Å²) >= 11 is 0. The van der Waals surface area contributed by atoms with E-state index in [0.29, 0.717) is 54.8 Å². The minimum absolute atomic E-state index is 0.282. The average Bonchev–Trinajstić information content (AvgIpc) is 3.30. The predicted octanol–water partition coefficient (Wildman–Crippen LogP) is 19.4. The molecule has 0 saturated carbocycles. The van der Waals surface area contributed by atoms with Gasteiger partial charge in [-0.25, -0.2) is 26.3 Å². The molecule has 0 atom stereocenters. The first-order valence-corrected chi connectivity index (χ1v) is 25.7. The van der Waals surface area contributed by atoms with Crippen molar-refractivity contribution >= 4 is 0 Å². The molecule has 0 aliphatic heterocycles. The summed E-state index contributed by atoms with van der Waals surface area (Å²) in [4.78, 5) is 2.98. The number of hydrogen-bond donors (Lipinski definition) is 0. The normalized spacial score (nSPS) is 11.1. The van der Waals surface area contributed by atoms with Gasteiger partial charge in [-0.1, -0.05) is 194 Å². The molecule has 4 nitrogen and oxygen atoms in total. The van der Waals surface area contributed by atoms with Crippen LogP contribution in [0.2, 0.25) is 0 Å². The number of ether oxygens (including phenoxy) is 3. The zero-order valence-corrected chi connectivity index (χ0v) is 40.8. The summed E-state index contributed by atoms with van der Waals surface area (Å²) in [7, 11) is 0. The van der Waals surface area contributed by atoms with Crippen molar-refractivity contribution in [3.05, 3.63) is 71.0 Å². The summed E-state index contributed by atoms with van der Waals surface area (Å²) in [5.74, 6) is -5.53. The molecule has 0 bridgehead atoms. The van der Waals surface area contributed by atoms with E-state index < -0.39 is 47.1 Å². The highest BCUT2D eigenvalue weighted by molar-refractivity contribution is 5.78. The zero-order chi connectivity index (χ0) is 48.0. The molecule has 0 fully saturated rings. The van der Waals surface area contributed by atoms with E-state index >= 15 is 8.78 Å². The topological polar surface area (TPSA) is 36.9 Å². The summed E-state index contributed by atoms with van der Waals surface area (Å²) in [6.07, 6.45) is 36.9. The van der Waals surface area contributed by atoms with Crippen molar-refractivity contribution in [3.63, 3.8) is 0 Å². The molecule has 0 aliphatic rings. The van der Waals surface area contributed by atoms with Crippen LogP contribution in [-0.4, -0.2) is 19.8 Å². The number of rotatable bonds is 39. The third-order valence-electron chi connectivity index (χ3n) is 11.9. The predicted molar refractivity (Wildman–Crippen MR) is 257 cm³/mol. The Morgan fingerprint density at radius 1 is 0.364 bits per heavy atom. The lowest BCUT2D eigenvalue weighted by Crippen LogP contribution is -2.06. The molecule has 66 heavy (non-hydrogen) atoms. The van der Waals surface area contributed by atoms with E-state index in [1.54, 1.807) is 0 Å². The molecule has 0 unspecified atom stereocenters. The molecule has 0 N–H and O–H groups in total. The molecule has 3 aromatic rings. The van der Waals surface area contributed by atoms with Crippen molar-refractivity contribution in [3.8, 4) is 34.1 Å². The Balaban J connectivity index is 0.00000118. The van der Waals surface area contributed by atoms with Gasteiger partial charge in [0.25, 0.3) is 0 Å². The molecule has 0 amide bonds. The second kappa shape index (κ2) is 38.3. The minimum Gasteiger partial charge on any atom is -0.493 e. The van der Waals surface area contributed by atoms with Crippen LogP contribution in [-0.2, 0) is 6.67 Å². The van der Waals surface area contributed by atoms with Crippen LogP contribution < -0.4 is 19.2 Å². The Kier molecular flexibility index (Phi) is 34.0. The van der Waals surface area contributed by atoms with Crippen LogP contribution in [0, 0.1) is 29.1 Å². The maximum atomic E-state index is 15.0. The number of unbranched alkanes of at least 4 members (excludes halogenated alkanes) is 27. The SMILES string of the molecule is CCCCCCCCCCCCOc1cc(OCCCCCCCCCCCC)c(-c2cc(F)c(CF)c(F)c2)c(OCCCCCCCCCCCC)c1.FOc1cc(F)c(F)c(F)c1. The fourth-order valence-corrected chi connectivity index (χ4v) is 7.94. The molecule has 3 aromatic carbocycles. The molecular weight excluding hydrogens is 858 g/mol. The summed E-state index contributed by atoms with van der Waals surface area (Å²) in [5.41, 5.74) is 0.221. The molecule has 0 radical (unpaired) electrons. The third kappa shape index (κ3) is 25.5. The van der Waals surface area contributed by atoms with Crippen molar-refractivity contribution < 1.29 is 50.0 Å². The number of alkyl halides is 1. The smallest absolute Gasteiger partial charge is 0.194 e. The summed E-state index contributed by atoms with van der Waals surface area (Å²) in [5, 5.41) is 0. The molecule has 0 heterocycles. The van der Waals surface area contributed by atoms with Gasteiger partial charge in [-0.3, -0.25) is 4.94 Å². The second-order valence-electron chi connectivity index (χ2n) is 17.7. The van der Waals surface area contributed by atoms with Gasteiger partial charge < -0.3 is 14.2 Å². The molecule has 376 valence electrons. The Labute approximate surface area is 394 Å². The second-order valence-corrected chi connectivity index (χ2v) is 17.7. The number of halogens is 7.